The summed E-state index contributed by atoms with van der Waals surface area (Å²) in [5, 5.41) is 0. The van der Waals surface area contributed by atoms with Crippen molar-refractivity contribution in [3.05, 3.63) is 120 Å². The van der Waals surface area contributed by atoms with Crippen molar-refractivity contribution in [3.63, 3.8) is 0 Å². The van der Waals surface area contributed by atoms with Gasteiger partial charge < -0.3 is 28.4 Å². The molecule has 2 aliphatic heterocycles. The number of fused-ring (bicyclic) bond motifs is 1. The average molecular weight is 747 g/mol. The minimum atomic E-state index is -0.954. The molecule has 4 atom stereocenters. The first-order valence-corrected chi connectivity index (χ1v) is 16.9. The van der Waals surface area contributed by atoms with E-state index >= 15 is 0 Å². The maximum absolute atomic E-state index is 15.0. The van der Waals surface area contributed by atoms with Gasteiger partial charge in [0.1, 0.15) is 23.8 Å². The molecular weight excluding hydrogens is 710 g/mol. The first kappa shape index (κ1) is 39.3. The minimum absolute atomic E-state index is 0.0354. The smallest absolute Gasteiger partial charge is 0.341 e. The molecule has 3 aromatic carbocycles. The molecule has 0 N–H and O–H groups in total. The number of benzene rings is 3. The lowest BCUT2D eigenvalue weighted by molar-refractivity contribution is -0.147. The van der Waals surface area contributed by atoms with Gasteiger partial charge in [-0.05, 0) is 72.0 Å². The zero-order chi connectivity index (χ0) is 38.8. The molecule has 2 unspecified atom stereocenters. The number of carbonyl (C=O) groups excluding carboxylic acids is 6. The molecule has 12 nitrogen and oxygen atoms in total. The van der Waals surface area contributed by atoms with E-state index in [4.69, 9.17) is 28.4 Å². The molecule has 2 heterocycles. The van der Waals surface area contributed by atoms with Crippen LogP contribution < -0.4 is 0 Å². The number of ketones is 2. The lowest BCUT2D eigenvalue weighted by Gasteiger charge is -2.17. The van der Waals surface area contributed by atoms with Gasteiger partial charge in [0.15, 0.2) is 37.0 Å². The second-order valence-corrected chi connectivity index (χ2v) is 12.4. The lowest BCUT2D eigenvalue weighted by atomic mass is 10.00. The van der Waals surface area contributed by atoms with E-state index in [1.807, 2.05) is 0 Å². The van der Waals surface area contributed by atoms with Crippen molar-refractivity contribution in [2.75, 3.05) is 26.4 Å². The normalized spacial score (nSPS) is 18.6. The zero-order valence-electron chi connectivity index (χ0n) is 29.0. The third-order valence-corrected chi connectivity index (χ3v) is 8.64. The molecule has 14 heteroatoms. The first-order chi connectivity index (χ1) is 25.9. The van der Waals surface area contributed by atoms with Crippen LogP contribution in [0.5, 0.6) is 0 Å². The Hall–Kier alpha value is -5.86. The quantitative estimate of drug-likeness (QED) is 0.107. The zero-order valence-corrected chi connectivity index (χ0v) is 29.0. The van der Waals surface area contributed by atoms with Gasteiger partial charge in [-0.1, -0.05) is 43.5 Å². The van der Waals surface area contributed by atoms with Crippen LogP contribution >= 0.6 is 0 Å². The molecule has 0 spiro atoms. The topological polar surface area (TPSA) is 158 Å². The Morgan fingerprint density at radius 2 is 1.17 bits per heavy atom. The number of halogens is 2. The molecule has 3 aromatic rings. The maximum atomic E-state index is 15.0. The monoisotopic (exact) mass is 746 g/mol. The Labute approximate surface area is 308 Å². The molecule has 2 saturated heterocycles. The fourth-order valence-corrected chi connectivity index (χ4v) is 5.71. The van der Waals surface area contributed by atoms with Gasteiger partial charge in [0.05, 0.1) is 24.3 Å². The van der Waals surface area contributed by atoms with Crippen LogP contribution in [0.2, 0.25) is 0 Å². The van der Waals surface area contributed by atoms with Crippen molar-refractivity contribution in [1.82, 2.24) is 0 Å². The van der Waals surface area contributed by atoms with E-state index in [0.717, 1.165) is 18.2 Å². The van der Waals surface area contributed by atoms with Crippen LogP contribution in [0, 0.1) is 11.6 Å². The van der Waals surface area contributed by atoms with Crippen LogP contribution in [0.25, 0.3) is 11.1 Å². The van der Waals surface area contributed by atoms with Crippen LogP contribution in [0.4, 0.5) is 8.78 Å². The number of hydrogen-bond donors (Lipinski definition) is 0. The Kier molecular flexibility index (Phi) is 13.3. The van der Waals surface area contributed by atoms with Crippen molar-refractivity contribution in [2.24, 2.45) is 0 Å². The maximum Gasteiger partial charge on any atom is 0.341 e. The number of esters is 4. The van der Waals surface area contributed by atoms with E-state index in [2.05, 4.69) is 13.2 Å². The van der Waals surface area contributed by atoms with Crippen molar-refractivity contribution < 1.29 is 66.0 Å². The summed E-state index contributed by atoms with van der Waals surface area (Å²) in [4.78, 5) is 71.9. The van der Waals surface area contributed by atoms with Crippen molar-refractivity contribution in [1.29, 1.82) is 0 Å². The second-order valence-electron chi connectivity index (χ2n) is 12.4. The highest BCUT2D eigenvalue weighted by molar-refractivity contribution is 5.92. The molecule has 2 fully saturated rings. The molecule has 0 amide bonds. The van der Waals surface area contributed by atoms with E-state index in [9.17, 15) is 37.5 Å². The second kappa shape index (κ2) is 18.3. The van der Waals surface area contributed by atoms with Gasteiger partial charge in [-0.15, -0.1) is 0 Å². The minimum Gasteiger partial charge on any atom is -0.457 e. The Morgan fingerprint density at radius 1 is 0.667 bits per heavy atom. The number of rotatable bonds is 17. The number of ether oxygens (including phenoxy) is 6. The molecule has 54 heavy (non-hydrogen) atoms. The lowest BCUT2D eigenvalue weighted by Crippen LogP contribution is -2.36. The van der Waals surface area contributed by atoms with Gasteiger partial charge in [0.2, 0.25) is 0 Å². The summed E-state index contributed by atoms with van der Waals surface area (Å²) in [6, 6.07) is 14.4. The van der Waals surface area contributed by atoms with Crippen molar-refractivity contribution >= 4 is 35.4 Å². The van der Waals surface area contributed by atoms with Crippen LogP contribution in [-0.2, 0) is 60.4 Å². The molecule has 0 radical (unpaired) electrons. The van der Waals surface area contributed by atoms with Gasteiger partial charge in [0, 0.05) is 18.4 Å². The fourth-order valence-electron chi connectivity index (χ4n) is 5.71. The molecule has 0 aliphatic carbocycles. The van der Waals surface area contributed by atoms with E-state index in [0.29, 0.717) is 16.7 Å². The summed E-state index contributed by atoms with van der Waals surface area (Å²) in [5.41, 5.74) is 1.61. The van der Waals surface area contributed by atoms with Crippen LogP contribution in [0.3, 0.4) is 0 Å². The number of hydrogen-bond acceptors (Lipinski definition) is 12. The third-order valence-electron chi connectivity index (χ3n) is 8.64. The highest BCUT2D eigenvalue weighted by atomic mass is 19.1. The summed E-state index contributed by atoms with van der Waals surface area (Å²) < 4.78 is 62.1. The molecule has 282 valence electrons. The van der Waals surface area contributed by atoms with Gasteiger partial charge in [0.25, 0.3) is 0 Å². The standard InChI is InChI=1S/C40H36F2O12/c1-3-27(43)19-49-35(45)15-7-23-5-13-29(31(41)17-23)25-9-11-26(12-10-25)39(47)53-33-21-51-38-34(22-52-37(33)38)54-40(48)30-14-6-24(18-32(30)42)8-16-36(46)50-20-28(44)4-2/h3-6,9-14,17-18,33-34,37-38H,1-2,7-8,15-16,19-22H2/t33-,34+,37?,38?/m1/s1. The van der Waals surface area contributed by atoms with Gasteiger partial charge in [-0.25, -0.2) is 18.4 Å². The summed E-state index contributed by atoms with van der Waals surface area (Å²) in [5.74, 6) is -5.13. The van der Waals surface area contributed by atoms with Crippen molar-refractivity contribution in [3.8, 4) is 11.1 Å². The summed E-state index contributed by atoms with van der Waals surface area (Å²) in [6.07, 6.45) is -0.968. The SMILES string of the molecule is C=CC(=O)COC(=O)CCc1ccc(C(=O)O[C@H]2COC3C2OC[C@H]3OC(=O)c2ccc(-c3ccc(CCC(=O)OCC(=O)C=C)cc3F)cc2)c(F)c1. The molecule has 2 aliphatic rings. The van der Waals surface area contributed by atoms with Crippen LogP contribution in [-0.4, -0.2) is 86.3 Å². The van der Waals surface area contributed by atoms with E-state index < -0.39 is 84.7 Å². The highest BCUT2D eigenvalue weighted by Crippen LogP contribution is 2.32. The molecule has 0 saturated carbocycles. The van der Waals surface area contributed by atoms with E-state index in [1.54, 1.807) is 24.3 Å². The molecule has 0 bridgehead atoms. The predicted octanol–water partition coefficient (Wildman–Crippen LogP) is 4.64. The highest BCUT2D eigenvalue weighted by Gasteiger charge is 2.51. The molecule has 0 aromatic heterocycles. The molecular formula is C40H36F2O12. The van der Waals surface area contributed by atoms with Gasteiger partial charge >= 0.3 is 23.9 Å². The van der Waals surface area contributed by atoms with Crippen LogP contribution in [0.15, 0.2) is 86.0 Å². The number of carbonyl (C=O) groups is 6. The Bertz CT molecular complexity index is 1940. The molecule has 5 rings (SSSR count). The van der Waals surface area contributed by atoms with Crippen LogP contribution in [0.1, 0.15) is 44.7 Å². The largest absolute Gasteiger partial charge is 0.457 e. The predicted molar refractivity (Wildman–Crippen MR) is 185 cm³/mol. The average Bonchev–Trinajstić information content (AvgIpc) is 3.76. The third kappa shape index (κ3) is 10.2. The summed E-state index contributed by atoms with van der Waals surface area (Å²) in [7, 11) is 0. The van der Waals surface area contributed by atoms with E-state index in [1.165, 1.54) is 30.3 Å². The Morgan fingerprint density at radius 3 is 1.67 bits per heavy atom. The van der Waals surface area contributed by atoms with Crippen molar-refractivity contribution in [2.45, 2.75) is 50.1 Å². The summed E-state index contributed by atoms with van der Waals surface area (Å²) >= 11 is 0. The first-order valence-electron chi connectivity index (χ1n) is 16.9. The summed E-state index contributed by atoms with van der Waals surface area (Å²) in [6.45, 7) is 5.66. The number of aryl methyl sites for hydroxylation is 2. The fraction of sp³-hybridized carbons (Fsp3) is 0.300. The van der Waals surface area contributed by atoms with Gasteiger partial charge in [-0.3, -0.25) is 19.2 Å². The van der Waals surface area contributed by atoms with E-state index in [-0.39, 0.29) is 55.6 Å². The Balaban J connectivity index is 1.09. The van der Waals surface area contributed by atoms with Gasteiger partial charge in [-0.2, -0.15) is 0 Å².